The third kappa shape index (κ3) is 2.23. The standard InChI is InChI=1S/C21H18ClN3O/c22-18-11-4-3-10-17(18)20-23-13-6-14-24(23)21(26)25(20)19-12-5-8-15-7-1-2-9-16(15)19/h1-5,7-12,20H,6,13-14H2. The van der Waals surface area contributed by atoms with E-state index in [0.29, 0.717) is 5.02 Å². The van der Waals surface area contributed by atoms with Crippen molar-refractivity contribution in [1.82, 2.24) is 10.0 Å². The molecule has 2 heterocycles. The molecule has 0 aromatic heterocycles. The predicted octanol–water partition coefficient (Wildman–Crippen LogP) is 5.05. The fraction of sp³-hybridized carbons (Fsp3) is 0.190. The van der Waals surface area contributed by atoms with Crippen molar-refractivity contribution < 1.29 is 4.79 Å². The summed E-state index contributed by atoms with van der Waals surface area (Å²) in [5, 5.41) is 6.88. The summed E-state index contributed by atoms with van der Waals surface area (Å²) in [5.41, 5.74) is 1.88. The molecule has 0 radical (unpaired) electrons. The Morgan fingerprint density at radius 3 is 2.54 bits per heavy atom. The number of anilines is 1. The number of carbonyl (C=O) groups excluding carboxylic acids is 1. The Hall–Kier alpha value is -2.56. The number of urea groups is 1. The second kappa shape index (κ2) is 6.01. The van der Waals surface area contributed by atoms with Crippen LogP contribution in [0.5, 0.6) is 0 Å². The fourth-order valence-corrected chi connectivity index (χ4v) is 4.32. The van der Waals surface area contributed by atoms with E-state index in [1.54, 1.807) is 0 Å². The number of amides is 2. The number of rotatable bonds is 2. The first kappa shape index (κ1) is 15.7. The number of benzene rings is 3. The maximum absolute atomic E-state index is 13.3. The number of nitrogens with zero attached hydrogens (tertiary/aromatic N) is 3. The van der Waals surface area contributed by atoms with Gasteiger partial charge in [-0.1, -0.05) is 66.2 Å². The highest BCUT2D eigenvalue weighted by atomic mass is 35.5. The van der Waals surface area contributed by atoms with E-state index in [4.69, 9.17) is 11.6 Å². The van der Waals surface area contributed by atoms with Crippen LogP contribution in [0, 0.1) is 0 Å². The molecule has 3 aromatic carbocycles. The summed E-state index contributed by atoms with van der Waals surface area (Å²) < 4.78 is 0. The van der Waals surface area contributed by atoms with Gasteiger partial charge in [0.05, 0.1) is 5.69 Å². The zero-order valence-corrected chi connectivity index (χ0v) is 14.9. The SMILES string of the molecule is O=C1N(c2cccc3ccccc23)C(c2ccccc2Cl)N2CCCN12. The molecule has 5 heteroatoms. The molecule has 2 aliphatic heterocycles. The average Bonchev–Trinajstić information content (AvgIpc) is 3.24. The summed E-state index contributed by atoms with van der Waals surface area (Å²) in [6, 6.07) is 22.1. The van der Waals surface area contributed by atoms with E-state index >= 15 is 0 Å². The second-order valence-corrected chi connectivity index (χ2v) is 7.09. The molecule has 0 saturated carbocycles. The molecule has 0 aliphatic carbocycles. The molecular weight excluding hydrogens is 346 g/mol. The van der Waals surface area contributed by atoms with Gasteiger partial charge >= 0.3 is 6.03 Å². The molecule has 4 nitrogen and oxygen atoms in total. The summed E-state index contributed by atoms with van der Waals surface area (Å²) in [6.07, 6.45) is 0.764. The minimum absolute atomic E-state index is 0.0174. The lowest BCUT2D eigenvalue weighted by Crippen LogP contribution is -2.32. The van der Waals surface area contributed by atoms with E-state index < -0.39 is 0 Å². The van der Waals surface area contributed by atoms with Gasteiger partial charge in [0.2, 0.25) is 0 Å². The van der Waals surface area contributed by atoms with Crippen molar-refractivity contribution in [3.63, 3.8) is 0 Å². The van der Waals surface area contributed by atoms with Crippen molar-refractivity contribution in [3.05, 3.63) is 77.3 Å². The Morgan fingerprint density at radius 2 is 1.65 bits per heavy atom. The molecule has 26 heavy (non-hydrogen) atoms. The van der Waals surface area contributed by atoms with Crippen LogP contribution < -0.4 is 4.90 Å². The Labute approximate surface area is 157 Å². The molecule has 2 aliphatic rings. The van der Waals surface area contributed by atoms with Gasteiger partial charge in [0.15, 0.2) is 0 Å². The number of carbonyl (C=O) groups is 1. The molecule has 0 N–H and O–H groups in total. The maximum Gasteiger partial charge on any atom is 0.340 e. The largest absolute Gasteiger partial charge is 0.340 e. The Kier molecular flexibility index (Phi) is 3.62. The number of halogens is 1. The van der Waals surface area contributed by atoms with Crippen molar-refractivity contribution in [2.45, 2.75) is 12.6 Å². The van der Waals surface area contributed by atoms with E-state index in [9.17, 15) is 4.79 Å². The summed E-state index contributed by atoms with van der Waals surface area (Å²) in [4.78, 5) is 15.2. The minimum Gasteiger partial charge on any atom is -0.270 e. The third-order valence-corrected chi connectivity index (χ3v) is 5.57. The molecule has 2 amide bonds. The summed E-state index contributed by atoms with van der Waals surface area (Å²) in [7, 11) is 0. The molecule has 130 valence electrons. The fourth-order valence-electron chi connectivity index (χ4n) is 4.09. The van der Waals surface area contributed by atoms with Gasteiger partial charge in [0.1, 0.15) is 6.17 Å². The van der Waals surface area contributed by atoms with Crippen LogP contribution in [0.1, 0.15) is 18.2 Å². The van der Waals surface area contributed by atoms with Gasteiger partial charge in [0, 0.05) is 29.1 Å². The highest BCUT2D eigenvalue weighted by Crippen LogP contribution is 2.44. The quantitative estimate of drug-likeness (QED) is 0.636. The third-order valence-electron chi connectivity index (χ3n) is 5.23. The van der Waals surface area contributed by atoms with E-state index in [1.807, 2.05) is 58.4 Å². The monoisotopic (exact) mass is 363 g/mol. The van der Waals surface area contributed by atoms with Crippen LogP contribution >= 0.6 is 11.6 Å². The molecule has 1 unspecified atom stereocenters. The summed E-state index contributed by atoms with van der Waals surface area (Å²) in [5.74, 6) is 0. The van der Waals surface area contributed by atoms with Gasteiger partial charge in [-0.2, -0.15) is 5.01 Å². The minimum atomic E-state index is -0.218. The molecule has 2 fully saturated rings. The van der Waals surface area contributed by atoms with Crippen LogP contribution in [0.3, 0.4) is 0 Å². The number of hydrazine groups is 1. The van der Waals surface area contributed by atoms with Crippen LogP contribution in [0.15, 0.2) is 66.7 Å². The van der Waals surface area contributed by atoms with Crippen LogP contribution in [0.4, 0.5) is 10.5 Å². The van der Waals surface area contributed by atoms with Crippen molar-refractivity contribution in [3.8, 4) is 0 Å². The molecule has 5 rings (SSSR count). The van der Waals surface area contributed by atoms with Gasteiger partial charge in [-0.25, -0.2) is 4.79 Å². The second-order valence-electron chi connectivity index (χ2n) is 6.69. The lowest BCUT2D eigenvalue weighted by Gasteiger charge is -2.29. The van der Waals surface area contributed by atoms with Crippen LogP contribution in [0.2, 0.25) is 5.02 Å². The van der Waals surface area contributed by atoms with Crippen molar-refractivity contribution in [2.24, 2.45) is 0 Å². The zero-order valence-electron chi connectivity index (χ0n) is 14.2. The number of fused-ring (bicyclic) bond motifs is 2. The first-order chi connectivity index (χ1) is 12.8. The average molecular weight is 364 g/mol. The van der Waals surface area contributed by atoms with E-state index in [1.165, 1.54) is 0 Å². The van der Waals surface area contributed by atoms with E-state index in [-0.39, 0.29) is 12.2 Å². The summed E-state index contributed by atoms with van der Waals surface area (Å²) >= 11 is 6.53. The van der Waals surface area contributed by atoms with Crippen LogP contribution in [0.25, 0.3) is 10.8 Å². The Bertz CT molecular complexity index is 1000. The molecule has 2 saturated heterocycles. The molecule has 0 bridgehead atoms. The van der Waals surface area contributed by atoms with Crippen LogP contribution in [-0.2, 0) is 0 Å². The summed E-state index contributed by atoms with van der Waals surface area (Å²) in [6.45, 7) is 1.60. The topological polar surface area (TPSA) is 26.8 Å². The zero-order chi connectivity index (χ0) is 17.7. The van der Waals surface area contributed by atoms with Gasteiger partial charge in [-0.15, -0.1) is 0 Å². The van der Waals surface area contributed by atoms with E-state index in [0.717, 1.165) is 41.5 Å². The normalized spacial score (nSPS) is 20.2. The number of hydrogen-bond acceptors (Lipinski definition) is 2. The predicted molar refractivity (Wildman–Crippen MR) is 104 cm³/mol. The van der Waals surface area contributed by atoms with Gasteiger partial charge in [-0.3, -0.25) is 9.91 Å². The van der Waals surface area contributed by atoms with Gasteiger partial charge in [0.25, 0.3) is 0 Å². The molecular formula is C21H18ClN3O. The van der Waals surface area contributed by atoms with Crippen LogP contribution in [-0.4, -0.2) is 29.1 Å². The van der Waals surface area contributed by atoms with Crippen molar-refractivity contribution >= 4 is 34.1 Å². The Balaban J connectivity index is 1.73. The lowest BCUT2D eigenvalue weighted by atomic mass is 10.1. The number of hydrogen-bond donors (Lipinski definition) is 0. The smallest absolute Gasteiger partial charge is 0.270 e. The first-order valence-electron chi connectivity index (χ1n) is 8.85. The van der Waals surface area contributed by atoms with E-state index in [2.05, 4.69) is 23.2 Å². The molecule has 0 spiro atoms. The lowest BCUT2D eigenvalue weighted by molar-refractivity contribution is 0.0728. The van der Waals surface area contributed by atoms with Gasteiger partial charge in [-0.05, 0) is 23.9 Å². The van der Waals surface area contributed by atoms with Crippen molar-refractivity contribution in [1.29, 1.82) is 0 Å². The Morgan fingerprint density at radius 1 is 0.885 bits per heavy atom. The maximum atomic E-state index is 13.3. The molecule has 3 aromatic rings. The van der Waals surface area contributed by atoms with Gasteiger partial charge < -0.3 is 0 Å². The highest BCUT2D eigenvalue weighted by Gasteiger charge is 2.48. The van der Waals surface area contributed by atoms with Crippen molar-refractivity contribution in [2.75, 3.05) is 18.0 Å². The first-order valence-corrected chi connectivity index (χ1v) is 9.23. The molecule has 1 atom stereocenters. The highest BCUT2D eigenvalue weighted by molar-refractivity contribution is 6.31.